The molecule has 1 atom stereocenters. The summed E-state index contributed by atoms with van der Waals surface area (Å²) in [5, 5.41) is 5.44. The highest BCUT2D eigenvalue weighted by Crippen LogP contribution is 2.20. The number of amides is 2. The largest absolute Gasteiger partial charge is 0.497 e. The lowest BCUT2D eigenvalue weighted by atomic mass is 10.1. The molecule has 0 radical (unpaired) electrons. The zero-order valence-corrected chi connectivity index (χ0v) is 12.1. The Morgan fingerprint density at radius 1 is 1.25 bits per heavy atom. The molecule has 0 unspecified atom stereocenters. The fraction of sp³-hybridized carbons (Fsp3) is 0.500. The molecule has 0 aliphatic rings. The van der Waals surface area contributed by atoms with Crippen LogP contribution in [0.3, 0.4) is 0 Å². The molecule has 1 aromatic carbocycles. The van der Waals surface area contributed by atoms with Gasteiger partial charge in [-0.05, 0) is 17.7 Å². The van der Waals surface area contributed by atoms with Crippen molar-refractivity contribution in [2.45, 2.75) is 6.10 Å². The van der Waals surface area contributed by atoms with Crippen molar-refractivity contribution in [2.24, 2.45) is 0 Å². The third-order valence-corrected chi connectivity index (χ3v) is 2.79. The third-order valence-electron chi connectivity index (χ3n) is 2.79. The molecule has 0 aromatic heterocycles. The van der Waals surface area contributed by atoms with Crippen molar-refractivity contribution in [2.75, 3.05) is 41.0 Å². The van der Waals surface area contributed by atoms with E-state index in [2.05, 4.69) is 10.6 Å². The lowest BCUT2D eigenvalue weighted by Gasteiger charge is -2.17. The Kier molecular flexibility index (Phi) is 7.46. The second kappa shape index (κ2) is 9.17. The normalized spacial score (nSPS) is 11.8. The summed E-state index contributed by atoms with van der Waals surface area (Å²) in [6, 6.07) is 7.33. The number of rotatable bonds is 8. The van der Waals surface area contributed by atoms with Gasteiger partial charge in [-0.3, -0.25) is 0 Å². The monoisotopic (exact) mass is 282 g/mol. The van der Waals surface area contributed by atoms with E-state index in [1.54, 1.807) is 21.3 Å². The average Bonchev–Trinajstić information content (AvgIpc) is 2.48. The summed E-state index contributed by atoms with van der Waals surface area (Å²) < 4.78 is 15.4. The summed E-state index contributed by atoms with van der Waals surface area (Å²) in [6.45, 7) is 1.33. The van der Waals surface area contributed by atoms with Crippen molar-refractivity contribution in [3.05, 3.63) is 29.8 Å². The number of carbonyl (C=O) groups is 1. The van der Waals surface area contributed by atoms with Crippen molar-refractivity contribution < 1.29 is 19.0 Å². The van der Waals surface area contributed by atoms with E-state index in [0.29, 0.717) is 19.7 Å². The number of ether oxygens (including phenoxy) is 3. The van der Waals surface area contributed by atoms with Crippen LogP contribution in [-0.4, -0.2) is 47.1 Å². The lowest BCUT2D eigenvalue weighted by Crippen LogP contribution is -2.39. The van der Waals surface area contributed by atoms with Gasteiger partial charge in [-0.25, -0.2) is 4.79 Å². The van der Waals surface area contributed by atoms with E-state index >= 15 is 0 Å². The maximum absolute atomic E-state index is 11.5. The van der Waals surface area contributed by atoms with Crippen molar-refractivity contribution in [3.63, 3.8) is 0 Å². The van der Waals surface area contributed by atoms with Crippen molar-refractivity contribution in [3.8, 4) is 5.75 Å². The third kappa shape index (κ3) is 5.46. The minimum Gasteiger partial charge on any atom is -0.497 e. The van der Waals surface area contributed by atoms with Gasteiger partial charge in [0.1, 0.15) is 5.75 Å². The number of urea groups is 1. The van der Waals surface area contributed by atoms with E-state index in [1.807, 2.05) is 24.3 Å². The highest BCUT2D eigenvalue weighted by molar-refractivity contribution is 5.73. The molecule has 0 saturated carbocycles. The molecule has 6 nitrogen and oxygen atoms in total. The number of hydrogen-bond acceptors (Lipinski definition) is 4. The van der Waals surface area contributed by atoms with E-state index in [1.165, 1.54) is 0 Å². The van der Waals surface area contributed by atoms with Crippen LogP contribution in [0.25, 0.3) is 0 Å². The van der Waals surface area contributed by atoms with Crippen LogP contribution in [0, 0.1) is 0 Å². The van der Waals surface area contributed by atoms with Crippen LogP contribution in [0.1, 0.15) is 11.7 Å². The smallest absolute Gasteiger partial charge is 0.314 e. The SMILES string of the molecule is COCCNC(=O)NC[C@@H](OC)c1cccc(OC)c1. The first-order chi connectivity index (χ1) is 9.71. The van der Waals surface area contributed by atoms with Gasteiger partial charge in [-0.1, -0.05) is 12.1 Å². The van der Waals surface area contributed by atoms with E-state index in [-0.39, 0.29) is 12.1 Å². The minimum absolute atomic E-state index is 0.224. The summed E-state index contributed by atoms with van der Waals surface area (Å²) in [4.78, 5) is 11.5. The molecule has 0 aliphatic heterocycles. The fourth-order valence-corrected chi connectivity index (χ4v) is 1.69. The maximum Gasteiger partial charge on any atom is 0.314 e. The Morgan fingerprint density at radius 2 is 2.05 bits per heavy atom. The Balaban J connectivity index is 2.48. The molecule has 2 amide bonds. The molecular weight excluding hydrogens is 260 g/mol. The fourth-order valence-electron chi connectivity index (χ4n) is 1.69. The van der Waals surface area contributed by atoms with Gasteiger partial charge in [0.15, 0.2) is 0 Å². The van der Waals surface area contributed by atoms with E-state index in [4.69, 9.17) is 14.2 Å². The van der Waals surface area contributed by atoms with Crippen LogP contribution in [0.5, 0.6) is 5.75 Å². The van der Waals surface area contributed by atoms with Gasteiger partial charge < -0.3 is 24.8 Å². The highest BCUT2D eigenvalue weighted by Gasteiger charge is 2.12. The molecule has 0 saturated heterocycles. The van der Waals surface area contributed by atoms with Gasteiger partial charge in [-0.15, -0.1) is 0 Å². The molecule has 20 heavy (non-hydrogen) atoms. The zero-order chi connectivity index (χ0) is 14.8. The molecular formula is C14H22N2O4. The second-order valence-electron chi connectivity index (χ2n) is 4.13. The van der Waals surface area contributed by atoms with Crippen molar-refractivity contribution >= 4 is 6.03 Å². The number of methoxy groups -OCH3 is 3. The summed E-state index contributed by atoms with van der Waals surface area (Å²) in [5.74, 6) is 0.758. The molecule has 0 aliphatic carbocycles. The van der Waals surface area contributed by atoms with Gasteiger partial charge in [0.2, 0.25) is 0 Å². The number of hydrogen-bond donors (Lipinski definition) is 2. The first-order valence-electron chi connectivity index (χ1n) is 6.38. The van der Waals surface area contributed by atoms with Crippen LogP contribution in [-0.2, 0) is 9.47 Å². The minimum atomic E-state index is -0.244. The number of benzene rings is 1. The Morgan fingerprint density at radius 3 is 2.70 bits per heavy atom. The van der Waals surface area contributed by atoms with E-state index < -0.39 is 0 Å². The van der Waals surface area contributed by atoms with Crippen LogP contribution in [0.2, 0.25) is 0 Å². The van der Waals surface area contributed by atoms with Crippen molar-refractivity contribution in [1.29, 1.82) is 0 Å². The first kappa shape index (κ1) is 16.3. The molecule has 0 bridgehead atoms. The molecule has 0 spiro atoms. The Bertz CT molecular complexity index is 412. The predicted molar refractivity (Wildman–Crippen MR) is 76.0 cm³/mol. The highest BCUT2D eigenvalue weighted by atomic mass is 16.5. The summed E-state index contributed by atoms with van der Waals surface area (Å²) in [6.07, 6.45) is -0.224. The molecule has 1 aromatic rings. The Hall–Kier alpha value is -1.79. The van der Waals surface area contributed by atoms with E-state index in [9.17, 15) is 4.79 Å². The van der Waals surface area contributed by atoms with Gasteiger partial charge in [0, 0.05) is 27.3 Å². The molecule has 0 heterocycles. The molecule has 112 valence electrons. The first-order valence-corrected chi connectivity index (χ1v) is 6.38. The summed E-state index contributed by atoms with van der Waals surface area (Å²) in [7, 11) is 4.81. The van der Waals surface area contributed by atoms with Crippen LogP contribution in [0.15, 0.2) is 24.3 Å². The average molecular weight is 282 g/mol. The molecule has 1 rings (SSSR count). The van der Waals surface area contributed by atoms with Gasteiger partial charge in [0.05, 0.1) is 19.8 Å². The molecule has 0 fully saturated rings. The number of carbonyl (C=O) groups excluding carboxylic acids is 1. The predicted octanol–water partition coefficient (Wildman–Crippen LogP) is 1.33. The molecule has 6 heteroatoms. The Labute approximate surface area is 119 Å². The summed E-state index contributed by atoms with van der Waals surface area (Å²) >= 11 is 0. The topological polar surface area (TPSA) is 68.8 Å². The maximum atomic E-state index is 11.5. The zero-order valence-electron chi connectivity index (χ0n) is 12.1. The number of nitrogens with one attached hydrogen (secondary N) is 2. The van der Waals surface area contributed by atoms with E-state index in [0.717, 1.165) is 11.3 Å². The van der Waals surface area contributed by atoms with Gasteiger partial charge in [-0.2, -0.15) is 0 Å². The summed E-state index contributed by atoms with van der Waals surface area (Å²) in [5.41, 5.74) is 0.948. The van der Waals surface area contributed by atoms with Crippen LogP contribution < -0.4 is 15.4 Å². The standard InChI is InChI=1S/C14H22N2O4/c1-18-8-7-15-14(17)16-10-13(20-3)11-5-4-6-12(9-11)19-2/h4-6,9,13H,7-8,10H2,1-3H3,(H2,15,16,17)/t13-/m1/s1. The quantitative estimate of drug-likeness (QED) is 0.706. The van der Waals surface area contributed by atoms with Crippen molar-refractivity contribution in [1.82, 2.24) is 10.6 Å². The molecule has 2 N–H and O–H groups in total. The van der Waals surface area contributed by atoms with Crippen LogP contribution in [0.4, 0.5) is 4.79 Å². The van der Waals surface area contributed by atoms with Gasteiger partial charge in [0.25, 0.3) is 0 Å². The van der Waals surface area contributed by atoms with Gasteiger partial charge >= 0.3 is 6.03 Å². The second-order valence-corrected chi connectivity index (χ2v) is 4.13. The lowest BCUT2D eigenvalue weighted by molar-refractivity contribution is 0.103. The van der Waals surface area contributed by atoms with Crippen LogP contribution >= 0.6 is 0 Å².